The van der Waals surface area contributed by atoms with Crippen LogP contribution >= 0.6 is 0 Å². The van der Waals surface area contributed by atoms with Gasteiger partial charge in [0.05, 0.1) is 22.2 Å². The third-order valence-corrected chi connectivity index (χ3v) is 15.2. The van der Waals surface area contributed by atoms with Crippen LogP contribution in [0.5, 0.6) is 0 Å². The molecule has 2 aliphatic heterocycles. The highest BCUT2D eigenvalue weighted by molar-refractivity contribution is 5.84. The van der Waals surface area contributed by atoms with E-state index in [0.717, 1.165) is 60.8 Å². The van der Waals surface area contributed by atoms with Crippen LogP contribution in [0.15, 0.2) is 48.5 Å². The van der Waals surface area contributed by atoms with E-state index in [0.29, 0.717) is 50.1 Å². The Hall–Kier alpha value is -3.44. The molecule has 2 aromatic rings. The quantitative estimate of drug-likeness (QED) is 0.0888. The van der Waals surface area contributed by atoms with Crippen LogP contribution in [0.4, 0.5) is 0 Å². The lowest BCUT2D eigenvalue weighted by molar-refractivity contribution is -0.315. The van der Waals surface area contributed by atoms with Crippen LogP contribution < -0.4 is 0 Å². The average Bonchev–Trinajstić information content (AvgIpc) is 3.26. The van der Waals surface area contributed by atoms with Crippen molar-refractivity contribution in [3.8, 4) is 0 Å². The molecule has 0 N–H and O–H groups in total. The summed E-state index contributed by atoms with van der Waals surface area (Å²) in [5.74, 6) is -0.122. The summed E-state index contributed by atoms with van der Waals surface area (Å²) in [4.78, 5) is 64.8. The summed E-state index contributed by atoms with van der Waals surface area (Å²) >= 11 is 0. The molecule has 10 unspecified atom stereocenters. The highest BCUT2D eigenvalue weighted by atomic mass is 16.7. The van der Waals surface area contributed by atoms with Crippen molar-refractivity contribution >= 4 is 23.5 Å². The van der Waals surface area contributed by atoms with Crippen LogP contribution in [-0.2, 0) is 38.3 Å². The molecule has 0 aliphatic carbocycles. The Kier molecular flexibility index (Phi) is 17.7. The SMILES string of the molecule is CCC1(C)CC(=O)C(C)C(C)(CC)N1OC(C)c1ccc(C(C)OC(=O)CCCCCCC(=O)OC(C)c2ccc(C(C)ON3C(C)(CC)CC(=O)C(C)C3(C)CC)cc2)cc1. The predicted octanol–water partition coefficient (Wildman–Crippen LogP) is 12.4. The molecule has 0 bridgehead atoms. The van der Waals surface area contributed by atoms with Crippen LogP contribution in [0.25, 0.3) is 0 Å². The first kappa shape index (κ1) is 51.2. The van der Waals surface area contributed by atoms with E-state index in [-0.39, 0.29) is 59.3 Å². The number of esters is 2. The molecular formula is C52H80N2O8. The van der Waals surface area contributed by atoms with Gasteiger partial charge in [-0.2, -0.15) is 10.1 Å². The molecule has 10 nitrogen and oxygen atoms in total. The molecule has 4 rings (SSSR count). The van der Waals surface area contributed by atoms with Gasteiger partial charge in [0.1, 0.15) is 36.0 Å². The number of Topliss-reactive ketones (excluding diaryl/α,β-unsaturated/α-hetero) is 2. The molecule has 2 heterocycles. The number of ketones is 2. The van der Waals surface area contributed by atoms with E-state index in [4.69, 9.17) is 19.1 Å². The van der Waals surface area contributed by atoms with Gasteiger partial charge in [-0.25, -0.2) is 0 Å². The second kappa shape index (κ2) is 21.5. The Morgan fingerprint density at radius 3 is 1.10 bits per heavy atom. The van der Waals surface area contributed by atoms with Crippen molar-refractivity contribution in [2.75, 3.05) is 0 Å². The van der Waals surface area contributed by atoms with Crippen LogP contribution in [0, 0.1) is 11.8 Å². The van der Waals surface area contributed by atoms with Gasteiger partial charge in [-0.05, 0) is 116 Å². The Balaban J connectivity index is 1.16. The Morgan fingerprint density at radius 2 is 0.823 bits per heavy atom. The number of benzene rings is 2. The molecule has 2 saturated heterocycles. The third-order valence-electron chi connectivity index (χ3n) is 15.2. The number of rotatable bonds is 21. The monoisotopic (exact) mass is 861 g/mol. The molecule has 346 valence electrons. The summed E-state index contributed by atoms with van der Waals surface area (Å²) in [7, 11) is 0. The Bertz CT molecular complexity index is 1680. The Labute approximate surface area is 374 Å². The highest BCUT2D eigenvalue weighted by Crippen LogP contribution is 2.47. The van der Waals surface area contributed by atoms with Gasteiger partial charge in [0.15, 0.2) is 0 Å². The van der Waals surface area contributed by atoms with Gasteiger partial charge in [-0.3, -0.25) is 28.9 Å². The number of hydrogen-bond donors (Lipinski definition) is 0. The summed E-state index contributed by atoms with van der Waals surface area (Å²) in [6.07, 6.45) is 6.62. The van der Waals surface area contributed by atoms with E-state index in [1.54, 1.807) is 0 Å². The minimum Gasteiger partial charge on any atom is -0.458 e. The van der Waals surface area contributed by atoms with E-state index < -0.39 is 11.1 Å². The molecule has 62 heavy (non-hydrogen) atoms. The smallest absolute Gasteiger partial charge is 0.306 e. The number of unbranched alkanes of at least 4 members (excludes halogenated alkanes) is 3. The van der Waals surface area contributed by atoms with Crippen molar-refractivity contribution in [3.05, 3.63) is 70.8 Å². The molecular weight excluding hydrogens is 781 g/mol. The molecule has 0 spiro atoms. The third kappa shape index (κ3) is 11.4. The van der Waals surface area contributed by atoms with Gasteiger partial charge in [0.25, 0.3) is 0 Å². The summed E-state index contributed by atoms with van der Waals surface area (Å²) in [6.45, 7) is 28.9. The lowest BCUT2D eigenvalue weighted by atomic mass is 9.70. The zero-order valence-corrected chi connectivity index (χ0v) is 40.7. The lowest BCUT2D eigenvalue weighted by Crippen LogP contribution is -2.66. The summed E-state index contributed by atoms with van der Waals surface area (Å²) < 4.78 is 11.6. The first-order valence-electron chi connectivity index (χ1n) is 23.7. The van der Waals surface area contributed by atoms with Crippen molar-refractivity contribution in [3.63, 3.8) is 0 Å². The maximum Gasteiger partial charge on any atom is 0.306 e. The molecule has 2 aliphatic rings. The fourth-order valence-corrected chi connectivity index (χ4v) is 9.47. The number of piperidine rings is 2. The molecule has 2 aromatic carbocycles. The molecule has 0 aromatic heterocycles. The highest BCUT2D eigenvalue weighted by Gasteiger charge is 2.55. The summed E-state index contributed by atoms with van der Waals surface area (Å²) in [5.41, 5.74) is 2.29. The second-order valence-corrected chi connectivity index (χ2v) is 19.4. The lowest BCUT2D eigenvalue weighted by Gasteiger charge is -2.56. The topological polar surface area (TPSA) is 112 Å². The first-order chi connectivity index (χ1) is 29.1. The number of hydroxylamine groups is 4. The van der Waals surface area contributed by atoms with Crippen molar-refractivity contribution in [1.82, 2.24) is 10.1 Å². The second-order valence-electron chi connectivity index (χ2n) is 19.4. The molecule has 10 atom stereocenters. The largest absolute Gasteiger partial charge is 0.458 e. The fourth-order valence-electron chi connectivity index (χ4n) is 9.47. The summed E-state index contributed by atoms with van der Waals surface area (Å²) in [5, 5.41) is 4.23. The first-order valence-corrected chi connectivity index (χ1v) is 23.7. The van der Waals surface area contributed by atoms with E-state index in [9.17, 15) is 19.2 Å². The van der Waals surface area contributed by atoms with E-state index in [2.05, 4.69) is 65.5 Å². The van der Waals surface area contributed by atoms with Gasteiger partial charge in [-0.15, -0.1) is 0 Å². The molecule has 0 amide bonds. The normalized spacial score (nSPS) is 29.2. The maximum atomic E-state index is 13.0. The van der Waals surface area contributed by atoms with Crippen molar-refractivity contribution in [1.29, 1.82) is 0 Å². The zero-order chi connectivity index (χ0) is 46.2. The molecule has 0 saturated carbocycles. The van der Waals surface area contributed by atoms with Crippen LogP contribution in [-0.4, -0.2) is 55.8 Å². The molecule has 10 heteroatoms. The number of nitrogens with zero attached hydrogens (tertiary/aromatic N) is 2. The maximum absolute atomic E-state index is 13.0. The predicted molar refractivity (Wildman–Crippen MR) is 245 cm³/mol. The van der Waals surface area contributed by atoms with Gasteiger partial charge < -0.3 is 9.47 Å². The van der Waals surface area contributed by atoms with Crippen LogP contribution in [0.3, 0.4) is 0 Å². The fraction of sp³-hybridized carbons (Fsp3) is 0.692. The van der Waals surface area contributed by atoms with Crippen LogP contribution in [0.2, 0.25) is 0 Å². The van der Waals surface area contributed by atoms with Crippen molar-refractivity contribution in [2.45, 2.75) is 221 Å². The standard InChI is InChI=1S/C52H80N2O8/c1-15-49(11)33-45(55)35(5)51(13,17-3)53(49)61-39(9)43-29-25-41(26-30-43)37(7)59-47(57)23-21-19-20-22-24-48(58)60-38(8)42-27-31-44(32-28-42)40(10)62-54-50(12,16-2)34-46(56)36(6)52(54,14)18-4/h25-32,35-40H,15-24,33-34H2,1-14H3. The summed E-state index contributed by atoms with van der Waals surface area (Å²) in [6, 6.07) is 16.1. The number of carbonyl (C=O) groups excluding carboxylic acids is 4. The zero-order valence-electron chi connectivity index (χ0n) is 40.7. The van der Waals surface area contributed by atoms with Gasteiger partial charge in [0, 0.05) is 37.5 Å². The number of carbonyl (C=O) groups is 4. The van der Waals surface area contributed by atoms with E-state index in [1.807, 2.05) is 90.1 Å². The average molecular weight is 861 g/mol. The molecule has 0 radical (unpaired) electrons. The van der Waals surface area contributed by atoms with E-state index in [1.165, 1.54) is 0 Å². The van der Waals surface area contributed by atoms with Gasteiger partial charge in [-0.1, -0.05) is 103 Å². The minimum absolute atomic E-state index is 0.120. The molecule has 2 fully saturated rings. The minimum atomic E-state index is -0.402. The van der Waals surface area contributed by atoms with Crippen molar-refractivity contribution < 1.29 is 38.3 Å². The van der Waals surface area contributed by atoms with Crippen LogP contribution in [0.1, 0.15) is 221 Å². The van der Waals surface area contributed by atoms with Gasteiger partial charge in [0.2, 0.25) is 0 Å². The number of hydrogen-bond acceptors (Lipinski definition) is 10. The Morgan fingerprint density at radius 1 is 0.532 bits per heavy atom. The number of ether oxygens (including phenoxy) is 2. The van der Waals surface area contributed by atoms with Gasteiger partial charge >= 0.3 is 11.9 Å². The van der Waals surface area contributed by atoms with Crippen molar-refractivity contribution in [2.24, 2.45) is 11.8 Å². The van der Waals surface area contributed by atoms with E-state index >= 15 is 0 Å².